The van der Waals surface area contributed by atoms with E-state index < -0.39 is 0 Å². The fraction of sp³-hybridized carbons (Fsp3) is 0.562. The minimum Gasteiger partial charge on any atom is -0.506 e. The summed E-state index contributed by atoms with van der Waals surface area (Å²) in [7, 11) is 0. The van der Waals surface area contributed by atoms with Crippen molar-refractivity contribution in [2.75, 3.05) is 38.0 Å². The number of rotatable bonds is 4. The van der Waals surface area contributed by atoms with Gasteiger partial charge in [0, 0.05) is 26.2 Å². The lowest BCUT2D eigenvalue weighted by Gasteiger charge is -2.27. The van der Waals surface area contributed by atoms with Crippen LogP contribution >= 0.6 is 0 Å². The first kappa shape index (κ1) is 14.2. The van der Waals surface area contributed by atoms with Crippen LogP contribution in [0.25, 0.3) is 0 Å². The topological polar surface area (TPSA) is 64.6 Å². The van der Waals surface area contributed by atoms with Crippen molar-refractivity contribution >= 4 is 11.6 Å². The van der Waals surface area contributed by atoms with Gasteiger partial charge in [-0.15, -0.1) is 0 Å². The minimum atomic E-state index is 0.0823. The van der Waals surface area contributed by atoms with Crippen LogP contribution in [0.1, 0.15) is 25.3 Å². The zero-order valence-electron chi connectivity index (χ0n) is 12.5. The number of hydrogen-bond donors (Lipinski definition) is 3. The number of amides is 1. The first-order chi connectivity index (χ1) is 10.1. The van der Waals surface area contributed by atoms with Gasteiger partial charge in [-0.3, -0.25) is 4.79 Å². The Bertz CT molecular complexity index is 534. The average molecular weight is 289 g/mol. The fourth-order valence-corrected chi connectivity index (χ4v) is 2.73. The number of nitrogens with zero attached hydrogens (tertiary/aromatic N) is 1. The molecule has 114 valence electrons. The monoisotopic (exact) mass is 289 g/mol. The number of phenolic OH excluding ortho intramolecular Hbond substituents is 1. The van der Waals surface area contributed by atoms with Crippen LogP contribution in [0.4, 0.5) is 5.69 Å². The molecule has 1 aliphatic carbocycles. The summed E-state index contributed by atoms with van der Waals surface area (Å²) in [4.78, 5) is 14.0. The van der Waals surface area contributed by atoms with Crippen molar-refractivity contribution in [1.29, 1.82) is 0 Å². The number of carbonyl (C=O) groups excluding carboxylic acids is 1. The number of aromatic hydroxyl groups is 1. The van der Waals surface area contributed by atoms with Crippen molar-refractivity contribution in [3.63, 3.8) is 0 Å². The Labute approximate surface area is 125 Å². The van der Waals surface area contributed by atoms with E-state index in [2.05, 4.69) is 17.6 Å². The molecule has 0 aromatic heterocycles. The van der Waals surface area contributed by atoms with E-state index in [0.29, 0.717) is 5.69 Å². The van der Waals surface area contributed by atoms with Crippen molar-refractivity contribution in [3.8, 4) is 5.75 Å². The highest BCUT2D eigenvalue weighted by Gasteiger charge is 2.39. The first-order valence-corrected chi connectivity index (χ1v) is 7.64. The van der Waals surface area contributed by atoms with E-state index in [1.165, 1.54) is 18.4 Å². The molecular formula is C16H23N3O2. The Morgan fingerprint density at radius 2 is 2.10 bits per heavy atom. The zero-order chi connectivity index (χ0) is 14.9. The Kier molecular flexibility index (Phi) is 3.76. The smallest absolute Gasteiger partial charge is 0.241 e. The van der Waals surface area contributed by atoms with Gasteiger partial charge in [-0.2, -0.15) is 0 Å². The van der Waals surface area contributed by atoms with Crippen molar-refractivity contribution in [1.82, 2.24) is 10.2 Å². The molecule has 3 N–H and O–H groups in total. The molecule has 1 saturated heterocycles. The highest BCUT2D eigenvalue weighted by atomic mass is 16.3. The second kappa shape index (κ2) is 5.56. The van der Waals surface area contributed by atoms with Gasteiger partial charge in [0.1, 0.15) is 5.75 Å². The Morgan fingerprint density at radius 3 is 2.76 bits per heavy atom. The second-order valence-electron chi connectivity index (χ2n) is 6.28. The SMILES string of the molecule is CC1(c2ccc(O)c(NCC(=O)N3CCNCC3)c2)CC1. The molecule has 2 fully saturated rings. The molecule has 2 aliphatic rings. The van der Waals surface area contributed by atoms with Gasteiger partial charge in [-0.05, 0) is 36.0 Å². The molecule has 0 radical (unpaired) electrons. The molecule has 1 aromatic rings. The number of anilines is 1. The summed E-state index contributed by atoms with van der Waals surface area (Å²) in [6.45, 7) is 5.67. The van der Waals surface area contributed by atoms with Crippen LogP contribution in [-0.2, 0) is 10.2 Å². The van der Waals surface area contributed by atoms with Gasteiger partial charge in [-0.25, -0.2) is 0 Å². The lowest BCUT2D eigenvalue weighted by atomic mass is 9.97. The fourth-order valence-electron chi connectivity index (χ4n) is 2.73. The van der Waals surface area contributed by atoms with E-state index >= 15 is 0 Å². The summed E-state index contributed by atoms with van der Waals surface area (Å²) in [5, 5.41) is 16.3. The molecule has 1 aliphatic heterocycles. The van der Waals surface area contributed by atoms with Crippen LogP contribution in [-0.4, -0.2) is 48.6 Å². The number of hydrogen-bond acceptors (Lipinski definition) is 4. The maximum absolute atomic E-state index is 12.1. The summed E-state index contributed by atoms with van der Waals surface area (Å²) in [6, 6.07) is 5.68. The molecule has 0 spiro atoms. The van der Waals surface area contributed by atoms with E-state index in [9.17, 15) is 9.90 Å². The summed E-state index contributed by atoms with van der Waals surface area (Å²) < 4.78 is 0. The van der Waals surface area contributed by atoms with E-state index in [-0.39, 0.29) is 23.6 Å². The maximum atomic E-state index is 12.1. The van der Waals surface area contributed by atoms with Gasteiger partial charge in [-0.1, -0.05) is 13.0 Å². The minimum absolute atomic E-state index is 0.0823. The Morgan fingerprint density at radius 1 is 1.38 bits per heavy atom. The van der Waals surface area contributed by atoms with Crippen LogP contribution < -0.4 is 10.6 Å². The summed E-state index contributed by atoms with van der Waals surface area (Å²) in [5.41, 5.74) is 2.15. The molecule has 1 saturated carbocycles. The Hall–Kier alpha value is -1.75. The van der Waals surface area contributed by atoms with Gasteiger partial charge < -0.3 is 20.6 Å². The highest BCUT2D eigenvalue weighted by Crippen LogP contribution is 2.48. The predicted molar refractivity (Wildman–Crippen MR) is 82.6 cm³/mol. The van der Waals surface area contributed by atoms with Gasteiger partial charge in [0.25, 0.3) is 0 Å². The molecule has 0 atom stereocenters. The van der Waals surface area contributed by atoms with Crippen LogP contribution in [0.2, 0.25) is 0 Å². The number of piperazine rings is 1. The maximum Gasteiger partial charge on any atom is 0.241 e. The molecule has 21 heavy (non-hydrogen) atoms. The molecule has 1 amide bonds. The van der Waals surface area contributed by atoms with E-state index in [0.717, 1.165) is 26.2 Å². The molecule has 0 bridgehead atoms. The van der Waals surface area contributed by atoms with Crippen molar-refractivity contribution in [2.24, 2.45) is 0 Å². The van der Waals surface area contributed by atoms with Crippen LogP contribution in [0.5, 0.6) is 5.75 Å². The van der Waals surface area contributed by atoms with Crippen LogP contribution in [0.15, 0.2) is 18.2 Å². The van der Waals surface area contributed by atoms with Gasteiger partial charge >= 0.3 is 0 Å². The highest BCUT2D eigenvalue weighted by molar-refractivity contribution is 5.81. The zero-order valence-corrected chi connectivity index (χ0v) is 12.5. The van der Waals surface area contributed by atoms with E-state index in [1.807, 2.05) is 17.0 Å². The molecule has 5 heteroatoms. The number of benzene rings is 1. The molecular weight excluding hydrogens is 266 g/mol. The normalized spacial score (nSPS) is 20.1. The van der Waals surface area contributed by atoms with Crippen molar-refractivity contribution < 1.29 is 9.90 Å². The third kappa shape index (κ3) is 3.13. The second-order valence-corrected chi connectivity index (χ2v) is 6.28. The van der Waals surface area contributed by atoms with E-state index in [1.54, 1.807) is 6.07 Å². The summed E-state index contributed by atoms with van der Waals surface area (Å²) in [6.07, 6.45) is 2.38. The standard InChI is InChI=1S/C16H23N3O2/c1-16(4-5-16)12-2-3-14(20)13(10-12)18-11-15(21)19-8-6-17-7-9-19/h2-3,10,17-18,20H,4-9,11H2,1H3. The lowest BCUT2D eigenvalue weighted by molar-refractivity contribution is -0.129. The van der Waals surface area contributed by atoms with Gasteiger partial charge in [0.05, 0.1) is 12.2 Å². The third-order valence-electron chi connectivity index (χ3n) is 4.59. The number of nitrogens with one attached hydrogen (secondary N) is 2. The number of carbonyl (C=O) groups is 1. The summed E-state index contributed by atoms with van der Waals surface area (Å²) in [5.74, 6) is 0.287. The van der Waals surface area contributed by atoms with Crippen LogP contribution in [0.3, 0.4) is 0 Å². The summed E-state index contributed by atoms with van der Waals surface area (Å²) >= 11 is 0. The molecule has 3 rings (SSSR count). The van der Waals surface area contributed by atoms with Crippen molar-refractivity contribution in [2.45, 2.75) is 25.2 Å². The van der Waals surface area contributed by atoms with E-state index in [4.69, 9.17) is 0 Å². The molecule has 1 aromatic carbocycles. The molecule has 5 nitrogen and oxygen atoms in total. The first-order valence-electron chi connectivity index (χ1n) is 7.64. The largest absolute Gasteiger partial charge is 0.506 e. The van der Waals surface area contributed by atoms with Crippen LogP contribution in [0, 0.1) is 0 Å². The van der Waals surface area contributed by atoms with Crippen molar-refractivity contribution in [3.05, 3.63) is 23.8 Å². The van der Waals surface area contributed by atoms with Gasteiger partial charge in [0.2, 0.25) is 5.91 Å². The Balaban J connectivity index is 1.63. The van der Waals surface area contributed by atoms with Gasteiger partial charge in [0.15, 0.2) is 0 Å². The third-order valence-corrected chi connectivity index (χ3v) is 4.59. The lowest BCUT2D eigenvalue weighted by Crippen LogP contribution is -2.48. The quantitative estimate of drug-likeness (QED) is 0.731. The predicted octanol–water partition coefficient (Wildman–Crippen LogP) is 1.29. The number of phenols is 1. The molecule has 1 heterocycles. The average Bonchev–Trinajstić information content (AvgIpc) is 3.26. The molecule has 0 unspecified atom stereocenters.